The molecule has 3 heterocycles. The van der Waals surface area contributed by atoms with Crippen LogP contribution in [0.25, 0.3) is 10.2 Å². The molecule has 8 heteroatoms. The molecule has 1 aliphatic heterocycles. The van der Waals surface area contributed by atoms with Gasteiger partial charge < -0.3 is 16.0 Å². The summed E-state index contributed by atoms with van der Waals surface area (Å²) >= 11 is 1.65. The number of piperidine rings is 1. The van der Waals surface area contributed by atoms with E-state index in [2.05, 4.69) is 21.4 Å². The minimum atomic E-state index is -0.652. The van der Waals surface area contributed by atoms with Crippen molar-refractivity contribution >= 4 is 44.9 Å². The lowest BCUT2D eigenvalue weighted by atomic mass is 9.95. The number of amides is 2. The van der Waals surface area contributed by atoms with Crippen molar-refractivity contribution in [3.8, 4) is 0 Å². The van der Waals surface area contributed by atoms with Crippen LogP contribution in [-0.4, -0.2) is 33.2 Å². The van der Waals surface area contributed by atoms with Crippen molar-refractivity contribution in [1.29, 1.82) is 0 Å². The van der Waals surface area contributed by atoms with Gasteiger partial charge in [-0.3, -0.25) is 9.59 Å². The number of aromatic nitrogens is 2. The standard InChI is InChI=1S/C22H25N5O2S/c1-3-14-10-16(12-24-20(14)23)26-21(28)22(29)27-9-5-4-6-18(27)15-7-8-19-17(11-15)25-13(2)30-19/h7-8,10-12,18H,3-6,9H2,1-2H3,(H2,23,24)(H,26,28)/t18-/m0/s1. The fourth-order valence-electron chi connectivity index (χ4n) is 3.98. The van der Waals surface area contributed by atoms with Crippen LogP contribution in [0, 0.1) is 6.92 Å². The van der Waals surface area contributed by atoms with Gasteiger partial charge in [-0.1, -0.05) is 13.0 Å². The van der Waals surface area contributed by atoms with E-state index < -0.39 is 11.8 Å². The minimum absolute atomic E-state index is 0.126. The lowest BCUT2D eigenvalue weighted by Gasteiger charge is -2.35. The summed E-state index contributed by atoms with van der Waals surface area (Å²) in [5.41, 5.74) is 9.11. The third-order valence-corrected chi connectivity index (χ3v) is 6.45. The van der Waals surface area contributed by atoms with Crippen LogP contribution in [0.2, 0.25) is 0 Å². The molecule has 3 aromatic rings. The van der Waals surface area contributed by atoms with Crippen LogP contribution in [0.15, 0.2) is 30.5 Å². The number of aryl methyl sites for hydroxylation is 2. The number of thiazole rings is 1. The van der Waals surface area contributed by atoms with Gasteiger partial charge >= 0.3 is 11.8 Å². The molecule has 0 saturated carbocycles. The van der Waals surface area contributed by atoms with Crippen LogP contribution in [0.1, 0.15) is 48.4 Å². The fraction of sp³-hybridized carbons (Fsp3) is 0.364. The van der Waals surface area contributed by atoms with Gasteiger partial charge in [-0.2, -0.15) is 0 Å². The first kappa shape index (κ1) is 20.3. The largest absolute Gasteiger partial charge is 0.383 e. The zero-order chi connectivity index (χ0) is 21.3. The highest BCUT2D eigenvalue weighted by Gasteiger charge is 2.32. The zero-order valence-corrected chi connectivity index (χ0v) is 18.0. The SMILES string of the molecule is CCc1cc(NC(=O)C(=O)N2CCCC[C@H]2c2ccc3sc(C)nc3c2)cnc1N. The third-order valence-electron chi connectivity index (χ3n) is 5.50. The first-order valence-corrected chi connectivity index (χ1v) is 11.0. The number of carbonyl (C=O) groups excluding carboxylic acids is 2. The van der Waals surface area contributed by atoms with E-state index in [4.69, 9.17) is 5.73 Å². The van der Waals surface area contributed by atoms with Gasteiger partial charge in [0.1, 0.15) is 5.82 Å². The number of nitrogen functional groups attached to an aromatic ring is 1. The Morgan fingerprint density at radius 1 is 1.30 bits per heavy atom. The van der Waals surface area contributed by atoms with Crippen LogP contribution < -0.4 is 11.1 Å². The second-order valence-electron chi connectivity index (χ2n) is 7.55. The van der Waals surface area contributed by atoms with Gasteiger partial charge in [0.25, 0.3) is 0 Å². The molecule has 0 radical (unpaired) electrons. The number of nitrogens with one attached hydrogen (secondary N) is 1. The van der Waals surface area contributed by atoms with Crippen molar-refractivity contribution in [1.82, 2.24) is 14.9 Å². The van der Waals surface area contributed by atoms with Gasteiger partial charge in [0.2, 0.25) is 0 Å². The van der Waals surface area contributed by atoms with E-state index in [0.29, 0.717) is 24.5 Å². The maximum atomic E-state index is 13.0. The van der Waals surface area contributed by atoms with Gasteiger partial charge in [0.15, 0.2) is 0 Å². The molecule has 0 spiro atoms. The smallest absolute Gasteiger partial charge is 0.313 e. The maximum absolute atomic E-state index is 13.0. The Bertz CT molecular complexity index is 1110. The summed E-state index contributed by atoms with van der Waals surface area (Å²) in [6.45, 7) is 4.51. The first-order valence-electron chi connectivity index (χ1n) is 10.2. The molecule has 7 nitrogen and oxygen atoms in total. The van der Waals surface area contributed by atoms with E-state index in [0.717, 1.165) is 45.6 Å². The van der Waals surface area contributed by atoms with Crippen molar-refractivity contribution < 1.29 is 9.59 Å². The van der Waals surface area contributed by atoms with E-state index in [-0.39, 0.29) is 6.04 Å². The van der Waals surface area contributed by atoms with Crippen molar-refractivity contribution in [2.24, 2.45) is 0 Å². The average molecular weight is 424 g/mol. The Morgan fingerprint density at radius 3 is 2.93 bits per heavy atom. The van der Waals surface area contributed by atoms with E-state index in [1.54, 1.807) is 22.3 Å². The number of hydrogen-bond acceptors (Lipinski definition) is 6. The molecule has 0 aliphatic carbocycles. The molecular formula is C22H25N5O2S. The van der Waals surface area contributed by atoms with E-state index >= 15 is 0 Å². The molecule has 0 bridgehead atoms. The average Bonchev–Trinajstić information content (AvgIpc) is 3.13. The molecule has 3 N–H and O–H groups in total. The van der Waals surface area contributed by atoms with Gasteiger partial charge in [0.05, 0.1) is 33.2 Å². The maximum Gasteiger partial charge on any atom is 0.313 e. The van der Waals surface area contributed by atoms with Gasteiger partial charge in [-0.25, -0.2) is 9.97 Å². The van der Waals surface area contributed by atoms with E-state index in [1.165, 1.54) is 6.20 Å². The Morgan fingerprint density at radius 2 is 2.13 bits per heavy atom. The monoisotopic (exact) mass is 423 g/mol. The van der Waals surface area contributed by atoms with Crippen molar-refractivity contribution in [3.63, 3.8) is 0 Å². The van der Waals surface area contributed by atoms with Crippen LogP contribution in [0.3, 0.4) is 0 Å². The summed E-state index contributed by atoms with van der Waals surface area (Å²) in [5, 5.41) is 3.70. The number of carbonyl (C=O) groups is 2. The predicted octanol–water partition coefficient (Wildman–Crippen LogP) is 3.84. The zero-order valence-electron chi connectivity index (χ0n) is 17.1. The van der Waals surface area contributed by atoms with Gasteiger partial charge in [-0.15, -0.1) is 11.3 Å². The Balaban J connectivity index is 1.55. The third kappa shape index (κ3) is 4.00. The number of hydrogen-bond donors (Lipinski definition) is 2. The molecule has 2 amide bonds. The molecule has 1 atom stereocenters. The van der Waals surface area contributed by atoms with Crippen LogP contribution in [0.4, 0.5) is 11.5 Å². The molecule has 0 unspecified atom stereocenters. The number of nitrogens with zero attached hydrogens (tertiary/aromatic N) is 3. The number of nitrogens with two attached hydrogens (primary N) is 1. The predicted molar refractivity (Wildman–Crippen MR) is 119 cm³/mol. The lowest BCUT2D eigenvalue weighted by molar-refractivity contribution is -0.145. The topological polar surface area (TPSA) is 101 Å². The van der Waals surface area contributed by atoms with Crippen molar-refractivity contribution in [3.05, 3.63) is 46.6 Å². The number of rotatable bonds is 3. The molecule has 4 rings (SSSR count). The minimum Gasteiger partial charge on any atom is -0.383 e. The van der Waals surface area contributed by atoms with Gasteiger partial charge in [-0.05, 0) is 61.9 Å². The molecule has 1 saturated heterocycles. The second-order valence-corrected chi connectivity index (χ2v) is 8.78. The number of benzene rings is 1. The molecule has 2 aromatic heterocycles. The molecule has 1 aromatic carbocycles. The second kappa shape index (κ2) is 8.39. The van der Waals surface area contributed by atoms with E-state index in [9.17, 15) is 9.59 Å². The van der Waals surface area contributed by atoms with Crippen LogP contribution in [-0.2, 0) is 16.0 Å². The molecular weight excluding hydrogens is 398 g/mol. The quantitative estimate of drug-likeness (QED) is 0.624. The number of fused-ring (bicyclic) bond motifs is 1. The normalized spacial score (nSPS) is 16.6. The summed E-state index contributed by atoms with van der Waals surface area (Å²) in [6.07, 6.45) is 4.91. The molecule has 30 heavy (non-hydrogen) atoms. The Kier molecular flexibility index (Phi) is 5.67. The number of pyridine rings is 1. The Hall–Kier alpha value is -3.00. The molecule has 156 valence electrons. The fourth-order valence-corrected chi connectivity index (χ4v) is 4.78. The number of likely N-dealkylation sites (tertiary alicyclic amines) is 1. The van der Waals surface area contributed by atoms with Crippen LogP contribution >= 0.6 is 11.3 Å². The number of anilines is 2. The first-order chi connectivity index (χ1) is 14.5. The van der Waals surface area contributed by atoms with Crippen molar-refractivity contribution in [2.75, 3.05) is 17.6 Å². The summed E-state index contributed by atoms with van der Waals surface area (Å²) in [5.74, 6) is -0.740. The van der Waals surface area contributed by atoms with Crippen molar-refractivity contribution in [2.45, 2.75) is 45.6 Å². The summed E-state index contributed by atoms with van der Waals surface area (Å²) in [6, 6.07) is 7.79. The lowest BCUT2D eigenvalue weighted by Crippen LogP contribution is -2.44. The Labute approximate surface area is 179 Å². The summed E-state index contributed by atoms with van der Waals surface area (Å²) in [7, 11) is 0. The summed E-state index contributed by atoms with van der Waals surface area (Å²) in [4.78, 5) is 36.1. The highest BCUT2D eigenvalue weighted by molar-refractivity contribution is 7.18. The van der Waals surface area contributed by atoms with Crippen LogP contribution in [0.5, 0.6) is 0 Å². The highest BCUT2D eigenvalue weighted by atomic mass is 32.1. The molecule has 1 aliphatic rings. The highest BCUT2D eigenvalue weighted by Crippen LogP contribution is 2.33. The van der Waals surface area contributed by atoms with Gasteiger partial charge in [0, 0.05) is 6.54 Å². The summed E-state index contributed by atoms with van der Waals surface area (Å²) < 4.78 is 1.13. The van der Waals surface area contributed by atoms with E-state index in [1.807, 2.05) is 26.0 Å². The molecule has 1 fully saturated rings.